The van der Waals surface area contributed by atoms with E-state index in [0.717, 1.165) is 199 Å². The Morgan fingerprint density at radius 2 is 0.881 bits per heavy atom. The predicted octanol–water partition coefficient (Wildman–Crippen LogP) is 10.9. The number of hydrogen-bond donors (Lipinski definition) is 1. The number of nitrogens with zero attached hydrogens (tertiary/aromatic N) is 20. The SMILES string of the molecule is C.C=C1CCN(C)CC1.C=S1(=O)CCN(C)CC1.CC.CCC(C)(CO)C(C)C.CN1CC(C)(F)C(F)(F)C1.CN1CCC(C)(F)CC1.CN1CCC2(CC1)CCN(C)C2=O.CN1CCC2(CC1)OCCO2.CN1CCCC1.CN1CCCCC1.CN1CCCCC1.CN1CCN(C)CC1.CN1CCN(CCS(C)(=O)=O)CC1.CN1C[C@H]2CC[C@@H](C1)N2C.Cc1nnc2n1CCN(C)C2. The molecule has 1 amide bonds. The maximum absolute atomic E-state index is 13.0. The molecule has 2 unspecified atom stereocenters. The quantitative estimate of drug-likeness (QED) is 0.160. The molecule has 0 aliphatic carbocycles. The second-order valence-corrected chi connectivity index (χ2v) is 47.8. The number of ether oxygens (including phenoxy) is 2. The molecule has 16 aliphatic rings. The minimum absolute atomic E-state index is 0. The molecule has 17 rings (SSSR count). The summed E-state index contributed by atoms with van der Waals surface area (Å²) in [7, 11) is 29.1. The molecule has 1 aromatic heterocycles. The zero-order valence-corrected chi connectivity index (χ0v) is 91.7. The molecule has 1 aromatic rings. The molecule has 0 radical (unpaired) electrons. The Labute approximate surface area is 820 Å². The number of piperidine rings is 6. The number of aliphatic hydroxyl groups excluding tert-OH is 1. The van der Waals surface area contributed by atoms with E-state index < -0.39 is 43.2 Å². The van der Waals surface area contributed by atoms with Crippen LogP contribution in [0.1, 0.15) is 203 Å². The molecule has 16 aliphatic heterocycles. The van der Waals surface area contributed by atoms with Crippen molar-refractivity contribution < 1.29 is 49.6 Å². The van der Waals surface area contributed by atoms with E-state index in [9.17, 15) is 35.0 Å². The van der Waals surface area contributed by atoms with Crippen molar-refractivity contribution in [3.05, 3.63) is 23.8 Å². The van der Waals surface area contributed by atoms with E-state index in [4.69, 9.17) is 14.6 Å². The maximum atomic E-state index is 13.0. The van der Waals surface area contributed by atoms with Crippen LogP contribution in [0, 0.1) is 23.7 Å². The van der Waals surface area contributed by atoms with Gasteiger partial charge >= 0.3 is 0 Å². The minimum atomic E-state index is -3.18. The summed E-state index contributed by atoms with van der Waals surface area (Å²) in [5.41, 5.74) is -1.64. The summed E-state index contributed by atoms with van der Waals surface area (Å²) in [6, 6.07) is 1.73. The fourth-order valence-corrected chi connectivity index (χ4v) is 20.1. The summed E-state index contributed by atoms with van der Waals surface area (Å²) >= 11 is 0. The maximum Gasteiger partial charge on any atom is 0.294 e. The lowest BCUT2D eigenvalue weighted by Crippen LogP contribution is -2.50. The number of likely N-dealkylation sites (N-methyl/N-ethyl adjacent to an activating group) is 6. The van der Waals surface area contributed by atoms with Gasteiger partial charge in [-0.3, -0.25) is 28.6 Å². The molecule has 134 heavy (non-hydrogen) atoms. The lowest BCUT2D eigenvalue weighted by atomic mass is 9.77. The number of fused-ring (bicyclic) bond motifs is 3. The lowest BCUT2D eigenvalue weighted by molar-refractivity contribution is -0.183. The number of halogens is 4. The molecule has 4 atom stereocenters. The van der Waals surface area contributed by atoms with E-state index in [1.807, 2.05) is 39.8 Å². The average Bonchev–Trinajstić information content (AvgIpc) is 1.64. The van der Waals surface area contributed by atoms with E-state index in [2.05, 4.69) is 220 Å². The Balaban J connectivity index is 0.000000489. The third kappa shape index (κ3) is 51.5. The summed E-state index contributed by atoms with van der Waals surface area (Å²) in [4.78, 5) is 50.0. The van der Waals surface area contributed by atoms with Crippen molar-refractivity contribution in [2.24, 2.45) is 16.7 Å². The first-order valence-corrected chi connectivity index (χ1v) is 55.5. The molecule has 0 aromatic carbocycles. The van der Waals surface area contributed by atoms with E-state index in [-0.39, 0.29) is 36.3 Å². The third-order valence-corrected chi connectivity index (χ3v) is 32.5. The highest BCUT2D eigenvalue weighted by Gasteiger charge is 2.57. The second kappa shape index (κ2) is 64.8. The van der Waals surface area contributed by atoms with Gasteiger partial charge in [-0.1, -0.05) is 74.0 Å². The monoisotopic (exact) mass is 1950 g/mol. The summed E-state index contributed by atoms with van der Waals surface area (Å²) in [6.07, 6.45) is 25.6. The van der Waals surface area contributed by atoms with Crippen molar-refractivity contribution in [3.63, 3.8) is 0 Å². The van der Waals surface area contributed by atoms with Crippen LogP contribution < -0.4 is 0 Å². The van der Waals surface area contributed by atoms with E-state index >= 15 is 0 Å². The predicted molar refractivity (Wildman–Crippen MR) is 559 cm³/mol. The van der Waals surface area contributed by atoms with Crippen LogP contribution in [0.25, 0.3) is 0 Å². The van der Waals surface area contributed by atoms with Gasteiger partial charge in [0.05, 0.1) is 37.5 Å². The summed E-state index contributed by atoms with van der Waals surface area (Å²) in [5, 5.41) is 17.1. The van der Waals surface area contributed by atoms with Gasteiger partial charge < -0.3 is 82.8 Å². The van der Waals surface area contributed by atoms with E-state index in [1.165, 1.54) is 192 Å². The number of aryl methyl sites for hydroxylation is 1. The zero-order valence-electron chi connectivity index (χ0n) is 90.0. The van der Waals surface area contributed by atoms with Gasteiger partial charge in [-0.15, -0.1) is 10.2 Å². The standard InChI is InChI=1S/C10H18N2O.C8H18N2O2S.C8H16N2.C8H15NO2.C8H18O.C7H14FN.C7H12N4.C7H13N.C6H10F3N.C6H14N2.C6H13NOS.2C6H13N.C5H11N.C2H6.CH4/c1-11-6-3-10(4-7-11)5-8-12(2)9(10)13;1-9-3-5-10(6-4-9)7-8-13(2,11)12;1-9-5-7-3-4-8(6-9)10(7)2;1-9-4-2-8(3-5-9)10-6-7-11-8;1-5-8(4,6-9)7(2)3;1-7(8)3-5-9(2)6-4-7;1-6-8-9-7-5-10(2)3-4-11(6)7;1-7-3-5-8(2)6-4-7;1-5(7)3-10(2)4-6(5,8)9;1-7-3-5-8(2)6-4-7;1-7-3-5-9(2,8)6-4-7;2*1-7-5-3-2-4-6-7;1-6-4-2-3-5-6;1-2;/h2*3-8H2,1-2H3;7-8H,3-6H2,1-2H3;2-7H2,1H3;7,9H,5-6H2,1-4H3;3-6H2,1-2H3;3-5H2,1-2H3;1,3-6H2,2H3;3-4H2,1-2H3;3-6H2,1-2H3;2-6H2,1H3;2*2-6H2,1H3;2-5H2,1H3;1-2H3;1H4/t;;7-,8+;;;;;;;;;;;;;. The molecule has 1 N–H and O–H groups in total. The Morgan fingerprint density at radius 1 is 0.507 bits per heavy atom. The van der Waals surface area contributed by atoms with Crippen molar-refractivity contribution >= 4 is 31.1 Å². The third-order valence-electron chi connectivity index (χ3n) is 29.8. The molecular formula is C101H208F4N20O7S2. The van der Waals surface area contributed by atoms with Gasteiger partial charge in [0.2, 0.25) is 5.91 Å². The molecule has 15 fully saturated rings. The summed E-state index contributed by atoms with van der Waals surface area (Å²) in [5.74, 6) is 5.24. The fraction of sp³-hybridized carbons (Fsp3) is 0.941. The number of likely N-dealkylation sites (tertiary alicyclic amines) is 10. The number of carbonyl (C=O) groups is 1. The minimum Gasteiger partial charge on any atom is -0.396 e. The number of hydrogen-bond acceptors (Lipinski definition) is 25. The average molecular weight is 1960 g/mol. The highest BCUT2D eigenvalue weighted by Crippen LogP contribution is 2.41. The Morgan fingerprint density at radius 3 is 1.20 bits per heavy atom. The van der Waals surface area contributed by atoms with Crippen LogP contribution in [-0.4, -0.2) is 522 Å². The number of aliphatic hydroxyl groups is 1. The van der Waals surface area contributed by atoms with Crippen LogP contribution in [0.3, 0.4) is 0 Å². The number of aromatic nitrogens is 3. The largest absolute Gasteiger partial charge is 0.396 e. The molecule has 33 heteroatoms. The molecule has 27 nitrogen and oxygen atoms in total. The van der Waals surface area contributed by atoms with Crippen molar-refractivity contribution in [2.75, 3.05) is 359 Å². The van der Waals surface area contributed by atoms with Crippen molar-refractivity contribution in [2.45, 2.75) is 246 Å². The molecule has 15 saturated heterocycles. The van der Waals surface area contributed by atoms with Gasteiger partial charge in [0.15, 0.2) is 11.5 Å². The molecular weight excluding hydrogens is 1750 g/mol. The molecule has 2 bridgehead atoms. The van der Waals surface area contributed by atoms with Crippen LogP contribution in [0.2, 0.25) is 0 Å². The molecule has 2 spiro atoms. The van der Waals surface area contributed by atoms with Crippen LogP contribution >= 0.6 is 0 Å². The summed E-state index contributed by atoms with van der Waals surface area (Å²) in [6.45, 7) is 57.0. The number of amides is 1. The number of piperazine rings is 3. The van der Waals surface area contributed by atoms with Gasteiger partial charge in [-0.05, 0) is 308 Å². The Kier molecular flexibility index (Phi) is 61.6. The first-order valence-electron chi connectivity index (χ1n) is 51.3. The van der Waals surface area contributed by atoms with Crippen molar-refractivity contribution in [3.8, 4) is 0 Å². The first-order chi connectivity index (χ1) is 62.3. The van der Waals surface area contributed by atoms with Crippen LogP contribution in [0.5, 0.6) is 0 Å². The second-order valence-electron chi connectivity index (χ2n) is 42.8. The number of carbonyl (C=O) groups excluding carboxylic acids is 1. The van der Waals surface area contributed by atoms with Crippen LogP contribution in [0.4, 0.5) is 17.6 Å². The van der Waals surface area contributed by atoms with E-state index in [0.29, 0.717) is 37.8 Å². The molecule has 794 valence electrons. The number of rotatable bonds is 6. The highest BCUT2D eigenvalue weighted by atomic mass is 32.2. The number of sulfone groups is 1. The van der Waals surface area contributed by atoms with Gasteiger partial charge in [-0.25, -0.2) is 26.0 Å². The molecule has 17 heterocycles. The van der Waals surface area contributed by atoms with Crippen LogP contribution in [0.15, 0.2) is 12.2 Å². The summed E-state index contributed by atoms with van der Waals surface area (Å²) < 4.78 is 97.3. The number of alkyl halides is 4. The highest BCUT2D eigenvalue weighted by molar-refractivity contribution is 8.00. The van der Waals surface area contributed by atoms with Gasteiger partial charge in [0.25, 0.3) is 5.92 Å². The first kappa shape index (κ1) is 127. The van der Waals surface area contributed by atoms with Crippen molar-refractivity contribution in [1.82, 2.24) is 98.1 Å². The van der Waals surface area contributed by atoms with Gasteiger partial charge in [0, 0.05) is 207 Å². The van der Waals surface area contributed by atoms with Crippen LogP contribution in [-0.2, 0) is 46.7 Å². The van der Waals surface area contributed by atoms with Crippen molar-refractivity contribution in [1.29, 1.82) is 0 Å². The van der Waals surface area contributed by atoms with Gasteiger partial charge in [-0.2, -0.15) is 0 Å². The zero-order chi connectivity index (χ0) is 100.0. The Hall–Kier alpha value is -2.72. The molecule has 0 saturated carbocycles. The topological polar surface area (TPSA) is 193 Å². The fourth-order valence-electron chi connectivity index (χ4n) is 18.0. The lowest BCUT2D eigenvalue weighted by Gasteiger charge is -2.36. The van der Waals surface area contributed by atoms with Gasteiger partial charge in [0.1, 0.15) is 27.2 Å². The smallest absolute Gasteiger partial charge is 0.294 e. The van der Waals surface area contributed by atoms with E-state index in [1.54, 1.807) is 6.92 Å². The Bertz CT molecular complexity index is 3360. The normalized spacial score (nSPS) is 27.0.